The molecular formula is C11H12F6O6. The fourth-order valence-electron chi connectivity index (χ4n) is 1.75. The van der Waals surface area contributed by atoms with E-state index in [2.05, 4.69) is 14.2 Å². The largest absolute Gasteiger partial charge is 0.468 e. The highest BCUT2D eigenvalue weighted by atomic mass is 19.4. The van der Waals surface area contributed by atoms with Crippen LogP contribution in [0.2, 0.25) is 0 Å². The molecule has 0 aromatic heterocycles. The minimum absolute atomic E-state index is 0.569. The Morgan fingerprint density at radius 3 is 1.17 bits per heavy atom. The fourth-order valence-corrected chi connectivity index (χ4v) is 1.75. The number of halogens is 6. The van der Waals surface area contributed by atoms with Gasteiger partial charge >= 0.3 is 30.3 Å². The van der Waals surface area contributed by atoms with E-state index >= 15 is 0 Å². The van der Waals surface area contributed by atoms with Gasteiger partial charge in [0.1, 0.15) is 0 Å². The standard InChI is InChI=1S/C11H12F6O6/c1-21-6(18)9(7(19)22-2,8(20)23-3)4-5(10(12,13)14)11(15,16)17/h5H,4H2,1-3H3. The molecule has 0 rings (SSSR count). The molecule has 134 valence electrons. The minimum atomic E-state index is -5.89. The molecule has 6 nitrogen and oxygen atoms in total. The summed E-state index contributed by atoms with van der Waals surface area (Å²) in [5.41, 5.74) is -3.56. The number of ether oxygens (including phenoxy) is 3. The molecule has 0 radical (unpaired) electrons. The van der Waals surface area contributed by atoms with Gasteiger partial charge in [0.05, 0.1) is 21.3 Å². The van der Waals surface area contributed by atoms with Crippen molar-refractivity contribution in [2.75, 3.05) is 21.3 Å². The van der Waals surface area contributed by atoms with Gasteiger partial charge in [-0.2, -0.15) is 26.3 Å². The Balaban J connectivity index is 6.29. The number of esters is 3. The number of carbonyl (C=O) groups excluding carboxylic acids is 3. The van der Waals surface area contributed by atoms with Crippen LogP contribution in [0.5, 0.6) is 0 Å². The highest BCUT2D eigenvalue weighted by Gasteiger charge is 2.66. The highest BCUT2D eigenvalue weighted by Crippen LogP contribution is 2.46. The summed E-state index contributed by atoms with van der Waals surface area (Å²) in [6.45, 7) is 0. The SMILES string of the molecule is COC(=O)C(CC(C(F)(F)F)C(F)(F)F)(C(=O)OC)C(=O)OC. The van der Waals surface area contributed by atoms with Gasteiger partial charge in [0.15, 0.2) is 5.92 Å². The Kier molecular flexibility index (Phi) is 6.43. The molecular weight excluding hydrogens is 342 g/mol. The van der Waals surface area contributed by atoms with Gasteiger partial charge in [-0.3, -0.25) is 14.4 Å². The Hall–Kier alpha value is -2.01. The highest BCUT2D eigenvalue weighted by molar-refractivity contribution is 6.17. The van der Waals surface area contributed by atoms with Gasteiger partial charge in [0.2, 0.25) is 0 Å². The Morgan fingerprint density at radius 1 is 0.739 bits per heavy atom. The maximum absolute atomic E-state index is 12.7. The van der Waals surface area contributed by atoms with E-state index in [1.54, 1.807) is 0 Å². The van der Waals surface area contributed by atoms with E-state index in [1.165, 1.54) is 0 Å². The van der Waals surface area contributed by atoms with Gasteiger partial charge in [-0.15, -0.1) is 0 Å². The van der Waals surface area contributed by atoms with Crippen molar-refractivity contribution < 1.29 is 54.9 Å². The van der Waals surface area contributed by atoms with E-state index in [1.807, 2.05) is 0 Å². The second-order valence-electron chi connectivity index (χ2n) is 4.22. The van der Waals surface area contributed by atoms with Crippen molar-refractivity contribution in [2.24, 2.45) is 11.3 Å². The van der Waals surface area contributed by atoms with Crippen molar-refractivity contribution in [3.8, 4) is 0 Å². The molecule has 0 heterocycles. The molecule has 0 aromatic rings. The molecule has 0 bridgehead atoms. The maximum Gasteiger partial charge on any atom is 0.400 e. The van der Waals surface area contributed by atoms with Crippen LogP contribution in [0.1, 0.15) is 6.42 Å². The zero-order valence-electron chi connectivity index (χ0n) is 12.0. The zero-order chi connectivity index (χ0) is 18.6. The van der Waals surface area contributed by atoms with Crippen LogP contribution in [-0.2, 0) is 28.6 Å². The number of hydrogen-bond donors (Lipinski definition) is 0. The average Bonchev–Trinajstić information content (AvgIpc) is 2.43. The Labute approximate surface area is 125 Å². The number of carbonyl (C=O) groups is 3. The molecule has 0 saturated heterocycles. The molecule has 23 heavy (non-hydrogen) atoms. The van der Waals surface area contributed by atoms with Gasteiger partial charge in [-0.05, 0) is 0 Å². The zero-order valence-corrected chi connectivity index (χ0v) is 12.0. The lowest BCUT2D eigenvalue weighted by Crippen LogP contribution is -2.53. The van der Waals surface area contributed by atoms with Gasteiger partial charge in [-0.25, -0.2) is 0 Å². The summed E-state index contributed by atoms with van der Waals surface area (Å²) in [5.74, 6) is -10.0. The number of rotatable bonds is 5. The summed E-state index contributed by atoms with van der Waals surface area (Å²) in [6, 6.07) is 0. The molecule has 0 atom stereocenters. The summed E-state index contributed by atoms with van der Waals surface area (Å²) in [6.07, 6.45) is -14.1. The second-order valence-corrected chi connectivity index (χ2v) is 4.22. The van der Waals surface area contributed by atoms with E-state index in [0.717, 1.165) is 0 Å². The summed E-state index contributed by atoms with van der Waals surface area (Å²) >= 11 is 0. The van der Waals surface area contributed by atoms with Crippen molar-refractivity contribution in [1.82, 2.24) is 0 Å². The topological polar surface area (TPSA) is 78.9 Å². The Bertz CT molecular complexity index is 414. The molecule has 0 spiro atoms. The van der Waals surface area contributed by atoms with Crippen molar-refractivity contribution >= 4 is 17.9 Å². The van der Waals surface area contributed by atoms with E-state index < -0.39 is 48.0 Å². The summed E-state index contributed by atoms with van der Waals surface area (Å²) in [4.78, 5) is 35.0. The van der Waals surface area contributed by atoms with Crippen LogP contribution < -0.4 is 0 Å². The predicted octanol–water partition coefficient (Wildman–Crippen LogP) is 1.62. The van der Waals surface area contributed by atoms with Crippen molar-refractivity contribution in [1.29, 1.82) is 0 Å². The van der Waals surface area contributed by atoms with Crippen LogP contribution in [-0.4, -0.2) is 51.6 Å². The molecule has 0 aliphatic rings. The minimum Gasteiger partial charge on any atom is -0.468 e. The lowest BCUT2D eigenvalue weighted by molar-refractivity contribution is -0.290. The van der Waals surface area contributed by atoms with E-state index in [-0.39, 0.29) is 0 Å². The van der Waals surface area contributed by atoms with Gasteiger partial charge in [-0.1, -0.05) is 0 Å². The molecule has 12 heteroatoms. The average molecular weight is 354 g/mol. The third kappa shape index (κ3) is 4.26. The maximum atomic E-state index is 12.7. The van der Waals surface area contributed by atoms with Crippen LogP contribution in [0.15, 0.2) is 0 Å². The smallest absolute Gasteiger partial charge is 0.400 e. The third-order valence-corrected chi connectivity index (χ3v) is 2.90. The molecule has 0 aliphatic carbocycles. The van der Waals surface area contributed by atoms with Gasteiger partial charge in [0, 0.05) is 6.42 Å². The lowest BCUT2D eigenvalue weighted by Gasteiger charge is -2.31. The molecule has 0 amide bonds. The predicted molar refractivity (Wildman–Crippen MR) is 58.7 cm³/mol. The van der Waals surface area contributed by atoms with E-state index in [4.69, 9.17) is 0 Å². The quantitative estimate of drug-likeness (QED) is 0.323. The third-order valence-electron chi connectivity index (χ3n) is 2.90. The van der Waals surface area contributed by atoms with E-state index in [9.17, 15) is 40.7 Å². The summed E-state index contributed by atoms with van der Waals surface area (Å²) in [7, 11) is 1.71. The summed E-state index contributed by atoms with van der Waals surface area (Å²) < 4.78 is 88.1. The fraction of sp³-hybridized carbons (Fsp3) is 0.727. The number of hydrogen-bond acceptors (Lipinski definition) is 6. The molecule has 0 N–H and O–H groups in total. The van der Waals surface area contributed by atoms with Crippen LogP contribution in [0.25, 0.3) is 0 Å². The first-order valence-corrected chi connectivity index (χ1v) is 5.67. The van der Waals surface area contributed by atoms with Crippen molar-refractivity contribution in [2.45, 2.75) is 18.8 Å². The van der Waals surface area contributed by atoms with E-state index in [0.29, 0.717) is 21.3 Å². The molecule has 0 fully saturated rings. The number of methoxy groups -OCH3 is 3. The first kappa shape index (κ1) is 21.0. The van der Waals surface area contributed by atoms with Crippen molar-refractivity contribution in [3.05, 3.63) is 0 Å². The number of alkyl halides is 6. The van der Waals surface area contributed by atoms with Crippen LogP contribution in [0, 0.1) is 11.3 Å². The van der Waals surface area contributed by atoms with Crippen molar-refractivity contribution in [3.63, 3.8) is 0 Å². The monoisotopic (exact) mass is 354 g/mol. The van der Waals surface area contributed by atoms with Crippen LogP contribution in [0.3, 0.4) is 0 Å². The molecule has 0 aromatic carbocycles. The van der Waals surface area contributed by atoms with Gasteiger partial charge < -0.3 is 14.2 Å². The normalized spacial score (nSPS) is 12.8. The first-order valence-electron chi connectivity index (χ1n) is 5.67. The van der Waals surface area contributed by atoms with Crippen LogP contribution in [0.4, 0.5) is 26.3 Å². The Morgan fingerprint density at radius 2 is 1.00 bits per heavy atom. The molecule has 0 saturated carbocycles. The lowest BCUT2D eigenvalue weighted by atomic mass is 9.78. The molecule has 0 unspecified atom stereocenters. The van der Waals surface area contributed by atoms with Gasteiger partial charge in [0.25, 0.3) is 5.41 Å². The summed E-state index contributed by atoms with van der Waals surface area (Å²) in [5, 5.41) is 0. The second kappa shape index (κ2) is 7.04. The first-order chi connectivity index (χ1) is 10.3. The molecule has 0 aliphatic heterocycles. The van der Waals surface area contributed by atoms with Crippen LogP contribution >= 0.6 is 0 Å².